The molecule has 0 saturated carbocycles. The Morgan fingerprint density at radius 3 is 2.59 bits per heavy atom. The SMILES string of the molecule is CN(C)CCCNC(=O)c1cc(NC(=O)c2ccco2)ccc1N1CCCCC1. The quantitative estimate of drug-likeness (QED) is 0.668. The zero-order valence-corrected chi connectivity index (χ0v) is 17.2. The summed E-state index contributed by atoms with van der Waals surface area (Å²) in [6, 6.07) is 8.80. The molecule has 0 unspecified atom stereocenters. The first-order valence-electron chi connectivity index (χ1n) is 10.2. The standard InChI is InChI=1S/C22H30N4O3/c1-25(2)12-7-11-23-21(27)18-16-17(24-22(28)20-8-6-15-29-20)9-10-19(18)26-13-4-3-5-14-26/h6,8-10,15-16H,3-5,7,11-14H2,1-2H3,(H,23,27)(H,24,28). The van der Waals surface area contributed by atoms with Crippen LogP contribution in [0, 0.1) is 0 Å². The lowest BCUT2D eigenvalue weighted by Crippen LogP contribution is -2.33. The Morgan fingerprint density at radius 2 is 1.90 bits per heavy atom. The summed E-state index contributed by atoms with van der Waals surface area (Å²) in [5.74, 6) is -0.212. The summed E-state index contributed by atoms with van der Waals surface area (Å²) >= 11 is 0. The lowest BCUT2D eigenvalue weighted by atomic mass is 10.1. The Bertz CT molecular complexity index is 811. The van der Waals surface area contributed by atoms with Crippen LogP contribution in [0.3, 0.4) is 0 Å². The zero-order valence-electron chi connectivity index (χ0n) is 17.2. The molecule has 0 atom stereocenters. The average Bonchev–Trinajstić information content (AvgIpc) is 3.26. The third-order valence-electron chi connectivity index (χ3n) is 5.01. The number of piperidine rings is 1. The van der Waals surface area contributed by atoms with E-state index < -0.39 is 0 Å². The maximum absolute atomic E-state index is 12.9. The summed E-state index contributed by atoms with van der Waals surface area (Å²) in [4.78, 5) is 29.6. The first-order chi connectivity index (χ1) is 14.0. The second kappa shape index (κ2) is 10.1. The maximum Gasteiger partial charge on any atom is 0.291 e. The number of carbonyl (C=O) groups excluding carboxylic acids is 2. The number of carbonyl (C=O) groups is 2. The van der Waals surface area contributed by atoms with E-state index in [1.807, 2.05) is 26.2 Å². The first kappa shape index (κ1) is 20.9. The van der Waals surface area contributed by atoms with Crippen LogP contribution in [0.1, 0.15) is 46.6 Å². The summed E-state index contributed by atoms with van der Waals surface area (Å²) in [7, 11) is 4.03. The van der Waals surface area contributed by atoms with Gasteiger partial charge in [0.05, 0.1) is 11.8 Å². The minimum Gasteiger partial charge on any atom is -0.459 e. The van der Waals surface area contributed by atoms with Gasteiger partial charge in [-0.15, -0.1) is 0 Å². The third kappa shape index (κ3) is 5.84. The molecule has 29 heavy (non-hydrogen) atoms. The van der Waals surface area contributed by atoms with E-state index in [2.05, 4.69) is 20.4 Å². The fourth-order valence-electron chi connectivity index (χ4n) is 3.50. The van der Waals surface area contributed by atoms with Crippen LogP contribution < -0.4 is 15.5 Å². The van der Waals surface area contributed by atoms with E-state index in [0.29, 0.717) is 17.8 Å². The average molecular weight is 399 g/mol. The van der Waals surface area contributed by atoms with Crippen molar-refractivity contribution in [2.45, 2.75) is 25.7 Å². The Hall–Kier alpha value is -2.80. The molecular weight excluding hydrogens is 368 g/mol. The number of furan rings is 1. The van der Waals surface area contributed by atoms with E-state index in [9.17, 15) is 9.59 Å². The predicted octanol–water partition coefficient (Wildman–Crippen LogP) is 3.20. The van der Waals surface area contributed by atoms with Crippen molar-refractivity contribution in [3.63, 3.8) is 0 Å². The topological polar surface area (TPSA) is 77.8 Å². The van der Waals surface area contributed by atoms with Gasteiger partial charge in [0, 0.05) is 31.0 Å². The highest BCUT2D eigenvalue weighted by Crippen LogP contribution is 2.27. The number of amides is 2. The number of hydrogen-bond acceptors (Lipinski definition) is 5. The van der Waals surface area contributed by atoms with E-state index in [4.69, 9.17) is 4.42 Å². The predicted molar refractivity (Wildman–Crippen MR) is 115 cm³/mol. The smallest absolute Gasteiger partial charge is 0.291 e. The molecule has 1 aromatic heterocycles. The van der Waals surface area contributed by atoms with Gasteiger partial charge in [0.2, 0.25) is 0 Å². The van der Waals surface area contributed by atoms with Crippen molar-refractivity contribution in [1.29, 1.82) is 0 Å². The number of benzene rings is 1. The van der Waals surface area contributed by atoms with E-state index in [-0.39, 0.29) is 17.6 Å². The molecule has 1 fully saturated rings. The van der Waals surface area contributed by atoms with E-state index in [1.165, 1.54) is 12.7 Å². The van der Waals surface area contributed by atoms with Crippen molar-refractivity contribution in [1.82, 2.24) is 10.2 Å². The summed E-state index contributed by atoms with van der Waals surface area (Å²) < 4.78 is 5.15. The Labute approximate surface area is 172 Å². The maximum atomic E-state index is 12.9. The molecule has 1 aliphatic heterocycles. The number of anilines is 2. The Morgan fingerprint density at radius 1 is 1.10 bits per heavy atom. The molecule has 0 spiro atoms. The van der Waals surface area contributed by atoms with Crippen LogP contribution in [0.4, 0.5) is 11.4 Å². The fourth-order valence-corrected chi connectivity index (χ4v) is 3.50. The molecule has 2 aromatic rings. The number of hydrogen-bond donors (Lipinski definition) is 2. The van der Waals surface area contributed by atoms with Crippen LogP contribution >= 0.6 is 0 Å². The molecule has 3 rings (SSSR count). The lowest BCUT2D eigenvalue weighted by molar-refractivity contribution is 0.0950. The van der Waals surface area contributed by atoms with Crippen LogP contribution in [0.15, 0.2) is 41.0 Å². The van der Waals surface area contributed by atoms with Crippen molar-refractivity contribution in [2.24, 2.45) is 0 Å². The highest BCUT2D eigenvalue weighted by molar-refractivity contribution is 6.05. The second-order valence-electron chi connectivity index (χ2n) is 7.62. The molecule has 0 bridgehead atoms. The van der Waals surface area contributed by atoms with Crippen LogP contribution in [0.25, 0.3) is 0 Å². The third-order valence-corrected chi connectivity index (χ3v) is 5.01. The van der Waals surface area contributed by atoms with E-state index in [0.717, 1.165) is 44.6 Å². The molecule has 7 nitrogen and oxygen atoms in total. The van der Waals surface area contributed by atoms with Gasteiger partial charge in [-0.3, -0.25) is 9.59 Å². The highest BCUT2D eigenvalue weighted by atomic mass is 16.3. The molecule has 2 N–H and O–H groups in total. The van der Waals surface area contributed by atoms with Gasteiger partial charge in [-0.05, 0) is 76.7 Å². The van der Waals surface area contributed by atoms with Gasteiger partial charge in [-0.25, -0.2) is 0 Å². The molecule has 2 heterocycles. The van der Waals surface area contributed by atoms with Gasteiger partial charge in [-0.2, -0.15) is 0 Å². The highest BCUT2D eigenvalue weighted by Gasteiger charge is 2.20. The fraction of sp³-hybridized carbons (Fsp3) is 0.455. The lowest BCUT2D eigenvalue weighted by Gasteiger charge is -2.30. The van der Waals surface area contributed by atoms with Crippen LogP contribution in [0.5, 0.6) is 0 Å². The van der Waals surface area contributed by atoms with Gasteiger partial charge in [-0.1, -0.05) is 0 Å². The summed E-state index contributed by atoms with van der Waals surface area (Å²) in [6.45, 7) is 3.41. The Kier molecular flexibility index (Phi) is 7.30. The normalized spacial score (nSPS) is 14.1. The van der Waals surface area contributed by atoms with Crippen molar-refractivity contribution in [3.05, 3.63) is 47.9 Å². The van der Waals surface area contributed by atoms with E-state index >= 15 is 0 Å². The number of nitrogens with zero attached hydrogens (tertiary/aromatic N) is 2. The minimum absolute atomic E-state index is 0.113. The van der Waals surface area contributed by atoms with Gasteiger partial charge < -0.3 is 24.9 Å². The van der Waals surface area contributed by atoms with Gasteiger partial charge >= 0.3 is 0 Å². The summed E-state index contributed by atoms with van der Waals surface area (Å²) in [6.07, 6.45) is 5.81. The molecule has 1 aliphatic rings. The van der Waals surface area contributed by atoms with Crippen LogP contribution in [0.2, 0.25) is 0 Å². The molecular formula is C22H30N4O3. The van der Waals surface area contributed by atoms with Gasteiger partial charge in [0.25, 0.3) is 11.8 Å². The number of nitrogens with one attached hydrogen (secondary N) is 2. The summed E-state index contributed by atoms with van der Waals surface area (Å²) in [5.41, 5.74) is 2.09. The van der Waals surface area contributed by atoms with E-state index in [1.54, 1.807) is 18.2 Å². The molecule has 0 radical (unpaired) electrons. The van der Waals surface area contributed by atoms with Crippen molar-refractivity contribution in [3.8, 4) is 0 Å². The van der Waals surface area contributed by atoms with Crippen molar-refractivity contribution >= 4 is 23.2 Å². The molecule has 7 heteroatoms. The van der Waals surface area contributed by atoms with Gasteiger partial charge in [0.1, 0.15) is 0 Å². The van der Waals surface area contributed by atoms with Gasteiger partial charge in [0.15, 0.2) is 5.76 Å². The van der Waals surface area contributed by atoms with Crippen LogP contribution in [-0.4, -0.2) is 57.0 Å². The molecule has 2 amide bonds. The second-order valence-corrected chi connectivity index (χ2v) is 7.62. The van der Waals surface area contributed by atoms with Crippen molar-refractivity contribution < 1.29 is 14.0 Å². The molecule has 156 valence electrons. The molecule has 0 aliphatic carbocycles. The summed E-state index contributed by atoms with van der Waals surface area (Å²) in [5, 5.41) is 5.83. The monoisotopic (exact) mass is 398 g/mol. The first-order valence-corrected chi connectivity index (χ1v) is 10.2. The zero-order chi connectivity index (χ0) is 20.6. The van der Waals surface area contributed by atoms with Crippen LogP contribution in [-0.2, 0) is 0 Å². The minimum atomic E-state index is -0.335. The Balaban J connectivity index is 1.76. The molecule has 1 saturated heterocycles. The molecule has 1 aromatic carbocycles. The van der Waals surface area contributed by atoms with Crippen molar-refractivity contribution in [2.75, 3.05) is 50.5 Å². The largest absolute Gasteiger partial charge is 0.459 e. The number of rotatable bonds is 8.